The van der Waals surface area contributed by atoms with E-state index in [0.717, 1.165) is 61.5 Å². The summed E-state index contributed by atoms with van der Waals surface area (Å²) >= 11 is 0. The van der Waals surface area contributed by atoms with Crippen molar-refractivity contribution in [3.8, 4) is 0 Å². The van der Waals surface area contributed by atoms with Gasteiger partial charge >= 0.3 is 0 Å². The molecule has 4 heterocycles. The number of hydrogen-bond acceptors (Lipinski definition) is 6. The number of rotatable bonds is 5. The maximum atomic E-state index is 4.61. The predicted molar refractivity (Wildman–Crippen MR) is 103 cm³/mol. The molecule has 0 bridgehead atoms. The summed E-state index contributed by atoms with van der Waals surface area (Å²) in [4.78, 5) is 15.6. The summed E-state index contributed by atoms with van der Waals surface area (Å²) in [5, 5.41) is 9.01. The quantitative estimate of drug-likeness (QED) is 0.690. The smallest absolute Gasteiger partial charge is 0.225 e. The molecule has 3 aromatic heterocycles. The number of nitrogens with zero attached hydrogens (tertiary/aromatic N) is 8. The molecule has 0 N–H and O–H groups in total. The molecule has 1 aliphatic heterocycles. The van der Waals surface area contributed by atoms with Gasteiger partial charge in [0.2, 0.25) is 5.95 Å². The summed E-state index contributed by atoms with van der Waals surface area (Å²) in [6.07, 6.45) is 7.64. The lowest BCUT2D eigenvalue weighted by Crippen LogP contribution is -2.35. The van der Waals surface area contributed by atoms with E-state index in [4.69, 9.17) is 0 Å². The van der Waals surface area contributed by atoms with Crippen LogP contribution in [-0.2, 0) is 13.1 Å². The fourth-order valence-electron chi connectivity index (χ4n) is 3.84. The highest BCUT2D eigenvalue weighted by atomic mass is 15.3. The number of aryl methyl sites for hydroxylation is 2. The minimum absolute atomic E-state index is 0.427. The zero-order valence-corrected chi connectivity index (χ0v) is 16.2. The van der Waals surface area contributed by atoms with Gasteiger partial charge in [-0.05, 0) is 39.7 Å². The van der Waals surface area contributed by atoms with Crippen molar-refractivity contribution < 1.29 is 0 Å². The molecular formula is C19H26N8. The molecular weight excluding hydrogens is 340 g/mol. The second-order valence-electron chi connectivity index (χ2n) is 7.17. The Labute approximate surface area is 159 Å². The molecule has 0 aliphatic carbocycles. The van der Waals surface area contributed by atoms with Gasteiger partial charge in [-0.15, -0.1) is 10.2 Å². The zero-order valence-electron chi connectivity index (χ0n) is 16.2. The topological polar surface area (TPSA) is 77.5 Å². The van der Waals surface area contributed by atoms with Crippen LogP contribution in [0.15, 0.2) is 24.8 Å². The van der Waals surface area contributed by atoms with Crippen molar-refractivity contribution in [1.29, 1.82) is 0 Å². The van der Waals surface area contributed by atoms with E-state index in [1.54, 1.807) is 6.20 Å². The van der Waals surface area contributed by atoms with Gasteiger partial charge in [0.05, 0.1) is 12.9 Å². The first-order chi connectivity index (χ1) is 13.1. The summed E-state index contributed by atoms with van der Waals surface area (Å²) in [5.41, 5.74) is 2.05. The lowest BCUT2D eigenvalue weighted by atomic mass is 9.96. The lowest BCUT2D eigenvalue weighted by molar-refractivity contribution is 0.459. The van der Waals surface area contributed by atoms with Crippen molar-refractivity contribution in [2.24, 2.45) is 0 Å². The molecule has 1 saturated heterocycles. The maximum Gasteiger partial charge on any atom is 0.225 e. The maximum absolute atomic E-state index is 4.61. The number of imidazole rings is 1. The summed E-state index contributed by atoms with van der Waals surface area (Å²) in [7, 11) is 0. The average molecular weight is 366 g/mol. The van der Waals surface area contributed by atoms with Gasteiger partial charge in [0, 0.05) is 49.3 Å². The van der Waals surface area contributed by atoms with Gasteiger partial charge in [-0.1, -0.05) is 0 Å². The number of piperidine rings is 1. The molecule has 0 aromatic carbocycles. The van der Waals surface area contributed by atoms with Crippen LogP contribution in [-0.4, -0.2) is 47.4 Å². The first-order valence-electron chi connectivity index (χ1n) is 9.59. The molecule has 1 aliphatic rings. The summed E-state index contributed by atoms with van der Waals surface area (Å²) in [6.45, 7) is 9.68. The van der Waals surface area contributed by atoms with Crippen molar-refractivity contribution in [2.75, 3.05) is 18.0 Å². The zero-order chi connectivity index (χ0) is 18.8. The van der Waals surface area contributed by atoms with Crippen LogP contribution < -0.4 is 4.90 Å². The van der Waals surface area contributed by atoms with Gasteiger partial charge < -0.3 is 14.0 Å². The molecule has 3 aromatic rings. The third-order valence-electron chi connectivity index (χ3n) is 5.17. The molecule has 27 heavy (non-hydrogen) atoms. The fraction of sp³-hybridized carbons (Fsp3) is 0.526. The molecule has 0 amide bonds. The third-order valence-corrected chi connectivity index (χ3v) is 5.17. The van der Waals surface area contributed by atoms with Gasteiger partial charge in [0.1, 0.15) is 5.82 Å². The molecule has 142 valence electrons. The Morgan fingerprint density at radius 2 is 1.81 bits per heavy atom. The van der Waals surface area contributed by atoms with E-state index < -0.39 is 0 Å². The minimum Gasteiger partial charge on any atom is -0.341 e. The Balaban J connectivity index is 1.47. The van der Waals surface area contributed by atoms with Crippen LogP contribution in [0.1, 0.15) is 48.7 Å². The van der Waals surface area contributed by atoms with E-state index in [1.165, 1.54) is 0 Å². The largest absolute Gasteiger partial charge is 0.341 e. The van der Waals surface area contributed by atoms with E-state index in [2.05, 4.69) is 41.5 Å². The monoisotopic (exact) mass is 366 g/mol. The molecule has 4 rings (SSSR count). The highest BCUT2D eigenvalue weighted by Crippen LogP contribution is 2.29. The van der Waals surface area contributed by atoms with Gasteiger partial charge in [0.15, 0.2) is 5.82 Å². The van der Waals surface area contributed by atoms with Gasteiger partial charge in [-0.3, -0.25) is 0 Å². The van der Waals surface area contributed by atoms with Crippen molar-refractivity contribution in [1.82, 2.24) is 34.3 Å². The SMILES string of the molecule is CCn1c(Cn2ccnc2)nnc1C1CCN(c2nc(C)cc(C)n2)CC1. The molecule has 0 unspecified atom stereocenters. The van der Waals surface area contributed by atoms with Crippen LogP contribution in [0.25, 0.3) is 0 Å². The highest BCUT2D eigenvalue weighted by Gasteiger charge is 2.27. The predicted octanol–water partition coefficient (Wildman–Crippen LogP) is 2.33. The van der Waals surface area contributed by atoms with Crippen molar-refractivity contribution in [2.45, 2.75) is 52.6 Å². The second kappa shape index (κ2) is 7.46. The molecule has 0 spiro atoms. The summed E-state index contributed by atoms with van der Waals surface area (Å²) < 4.78 is 4.29. The summed E-state index contributed by atoms with van der Waals surface area (Å²) in [5.74, 6) is 3.37. The van der Waals surface area contributed by atoms with Crippen LogP contribution in [0.5, 0.6) is 0 Å². The molecule has 0 radical (unpaired) electrons. The van der Waals surface area contributed by atoms with E-state index >= 15 is 0 Å². The van der Waals surface area contributed by atoms with Crippen molar-refractivity contribution in [3.63, 3.8) is 0 Å². The average Bonchev–Trinajstić information content (AvgIpc) is 3.31. The van der Waals surface area contributed by atoms with Crippen molar-refractivity contribution >= 4 is 5.95 Å². The molecule has 0 saturated carbocycles. The second-order valence-corrected chi connectivity index (χ2v) is 7.17. The number of anilines is 1. The highest BCUT2D eigenvalue weighted by molar-refractivity contribution is 5.33. The molecule has 1 fully saturated rings. The Morgan fingerprint density at radius 3 is 2.44 bits per heavy atom. The van der Waals surface area contributed by atoms with Crippen LogP contribution >= 0.6 is 0 Å². The van der Waals surface area contributed by atoms with E-state index in [9.17, 15) is 0 Å². The normalized spacial score (nSPS) is 15.4. The summed E-state index contributed by atoms with van der Waals surface area (Å²) in [6, 6.07) is 2.02. The minimum atomic E-state index is 0.427. The lowest BCUT2D eigenvalue weighted by Gasteiger charge is -2.32. The van der Waals surface area contributed by atoms with Crippen LogP contribution in [0.2, 0.25) is 0 Å². The van der Waals surface area contributed by atoms with E-state index in [0.29, 0.717) is 12.5 Å². The number of aromatic nitrogens is 7. The third kappa shape index (κ3) is 3.70. The first kappa shape index (κ1) is 17.6. The standard InChI is InChI=1S/C19H26N8/c1-4-27-17(12-25-10-7-20-13-25)23-24-18(27)16-5-8-26(9-6-16)19-21-14(2)11-15(3)22-19/h7,10-11,13,16H,4-6,8-9,12H2,1-3H3. The Hall–Kier alpha value is -2.77. The number of hydrogen-bond donors (Lipinski definition) is 0. The Kier molecular flexibility index (Phi) is 4.87. The van der Waals surface area contributed by atoms with Gasteiger partial charge in [-0.25, -0.2) is 15.0 Å². The van der Waals surface area contributed by atoms with Gasteiger partial charge in [-0.2, -0.15) is 0 Å². The van der Waals surface area contributed by atoms with E-state index in [1.807, 2.05) is 37.0 Å². The molecule has 0 atom stereocenters. The molecule has 8 heteroatoms. The first-order valence-corrected chi connectivity index (χ1v) is 9.59. The molecule has 8 nitrogen and oxygen atoms in total. The van der Waals surface area contributed by atoms with E-state index in [-0.39, 0.29) is 0 Å². The van der Waals surface area contributed by atoms with Crippen LogP contribution in [0.3, 0.4) is 0 Å². The van der Waals surface area contributed by atoms with Gasteiger partial charge in [0.25, 0.3) is 0 Å². The fourth-order valence-corrected chi connectivity index (χ4v) is 3.84. The Bertz CT molecular complexity index is 870. The van der Waals surface area contributed by atoms with Crippen LogP contribution in [0.4, 0.5) is 5.95 Å². The van der Waals surface area contributed by atoms with Crippen molar-refractivity contribution in [3.05, 3.63) is 47.8 Å². The van der Waals surface area contributed by atoms with Crippen LogP contribution in [0, 0.1) is 13.8 Å². The Morgan fingerprint density at radius 1 is 1.07 bits per heavy atom.